The Labute approximate surface area is 164 Å². The quantitative estimate of drug-likeness (QED) is 0.399. The van der Waals surface area contributed by atoms with E-state index in [1.54, 1.807) is 0 Å². The summed E-state index contributed by atoms with van der Waals surface area (Å²) in [7, 11) is 0. The molecule has 0 aliphatic rings. The summed E-state index contributed by atoms with van der Waals surface area (Å²) in [5, 5.41) is 7.38. The lowest BCUT2D eigenvalue weighted by Crippen LogP contribution is -2.25. The molecule has 0 unspecified atom stereocenters. The van der Waals surface area contributed by atoms with Crippen LogP contribution in [0.1, 0.15) is 36.8 Å². The van der Waals surface area contributed by atoms with E-state index in [-0.39, 0.29) is 0 Å². The number of unbranched alkanes of at least 4 members (excludes halogenated alkanes) is 1. The molecule has 0 aliphatic heterocycles. The third kappa shape index (κ3) is 4.71. The van der Waals surface area contributed by atoms with Gasteiger partial charge in [0.1, 0.15) is 0 Å². The van der Waals surface area contributed by atoms with Gasteiger partial charge in [-0.3, -0.25) is 4.98 Å². The van der Waals surface area contributed by atoms with Crippen LogP contribution in [0.4, 0.5) is 0 Å². The average Bonchev–Trinajstić information content (AvgIpc) is 3.12. The van der Waals surface area contributed by atoms with Gasteiger partial charge in [-0.05, 0) is 61.4 Å². The van der Waals surface area contributed by atoms with Gasteiger partial charge in [-0.25, -0.2) is 4.98 Å². The van der Waals surface area contributed by atoms with Crippen LogP contribution in [0, 0.1) is 0 Å². The largest absolute Gasteiger partial charge is 0.310 e. The second kappa shape index (κ2) is 8.59. The number of nitrogens with one attached hydrogen (secondary N) is 1. The molecule has 2 aromatic carbocycles. The Morgan fingerprint density at radius 3 is 2.89 bits per heavy atom. The van der Waals surface area contributed by atoms with E-state index in [1.165, 1.54) is 45.3 Å². The lowest BCUT2D eigenvalue weighted by atomic mass is 10.1. The lowest BCUT2D eigenvalue weighted by molar-refractivity contribution is 0.489. The topological polar surface area (TPSA) is 37.8 Å². The van der Waals surface area contributed by atoms with Crippen molar-refractivity contribution >= 4 is 32.3 Å². The van der Waals surface area contributed by atoms with Gasteiger partial charge in [0.05, 0.1) is 15.2 Å². The zero-order valence-electron chi connectivity index (χ0n) is 15.7. The van der Waals surface area contributed by atoms with Gasteiger partial charge in [0.2, 0.25) is 0 Å². The van der Waals surface area contributed by atoms with Crippen molar-refractivity contribution in [3.63, 3.8) is 0 Å². The number of pyridine rings is 1. The van der Waals surface area contributed by atoms with Gasteiger partial charge >= 0.3 is 0 Å². The van der Waals surface area contributed by atoms with E-state index in [9.17, 15) is 0 Å². The molecule has 0 radical (unpaired) electrons. The number of nitrogens with zero attached hydrogens (tertiary/aromatic N) is 2. The maximum atomic E-state index is 4.73. The molecule has 4 aromatic rings. The van der Waals surface area contributed by atoms with Gasteiger partial charge in [0.15, 0.2) is 0 Å². The summed E-state index contributed by atoms with van der Waals surface area (Å²) >= 11 is 1.83. The highest BCUT2D eigenvalue weighted by Gasteiger charge is 2.05. The Bertz CT molecular complexity index is 991. The second-order valence-corrected chi connectivity index (χ2v) is 8.28. The molecule has 0 fully saturated rings. The number of fused-ring (bicyclic) bond motifs is 2. The van der Waals surface area contributed by atoms with Gasteiger partial charge in [-0.2, -0.15) is 0 Å². The van der Waals surface area contributed by atoms with Gasteiger partial charge in [0.25, 0.3) is 0 Å². The highest BCUT2D eigenvalue weighted by molar-refractivity contribution is 7.18. The van der Waals surface area contributed by atoms with Crippen LogP contribution in [0.15, 0.2) is 60.9 Å². The summed E-state index contributed by atoms with van der Waals surface area (Å²) in [4.78, 5) is 8.90. The van der Waals surface area contributed by atoms with Gasteiger partial charge in [-0.15, -0.1) is 11.3 Å². The summed E-state index contributed by atoms with van der Waals surface area (Å²) in [6, 6.07) is 17.6. The van der Waals surface area contributed by atoms with Crippen LogP contribution in [0.3, 0.4) is 0 Å². The molecule has 1 atom stereocenters. The summed E-state index contributed by atoms with van der Waals surface area (Å²) in [5.74, 6) is 0. The smallest absolute Gasteiger partial charge is 0.0938 e. The summed E-state index contributed by atoms with van der Waals surface area (Å²) < 4.78 is 1.30. The highest BCUT2D eigenvalue weighted by atomic mass is 32.1. The van der Waals surface area contributed by atoms with Gasteiger partial charge < -0.3 is 5.32 Å². The maximum Gasteiger partial charge on any atom is 0.0938 e. The Morgan fingerprint density at radius 2 is 1.96 bits per heavy atom. The standard InChI is InChI=1S/C23H25N3S/c1-17(25-15-18-10-11-20-16-24-13-12-19(20)14-18)6-2-5-9-23-26-21-7-3-4-8-22(21)27-23/h3-4,7-8,10-14,16-17,25H,2,5-6,9,15H2,1H3/t17-/m1/s1. The van der Waals surface area contributed by atoms with Crippen LogP contribution in [0.25, 0.3) is 21.0 Å². The van der Waals surface area contributed by atoms with Crippen molar-refractivity contribution in [2.45, 2.75) is 45.2 Å². The third-order valence-electron chi connectivity index (χ3n) is 4.98. The average molecular weight is 376 g/mol. The molecule has 4 rings (SSSR count). The molecule has 0 aliphatic carbocycles. The van der Waals surface area contributed by atoms with Crippen LogP contribution in [-0.4, -0.2) is 16.0 Å². The van der Waals surface area contributed by atoms with Crippen molar-refractivity contribution in [3.05, 3.63) is 71.5 Å². The first-order chi connectivity index (χ1) is 13.3. The van der Waals surface area contributed by atoms with Crippen molar-refractivity contribution in [1.29, 1.82) is 0 Å². The monoisotopic (exact) mass is 375 g/mol. The van der Waals surface area contributed by atoms with Crippen LogP contribution >= 0.6 is 11.3 Å². The second-order valence-electron chi connectivity index (χ2n) is 7.16. The predicted molar refractivity (Wildman–Crippen MR) is 115 cm³/mol. The Morgan fingerprint density at radius 1 is 1.04 bits per heavy atom. The molecular weight excluding hydrogens is 350 g/mol. The van der Waals surface area contributed by atoms with Crippen molar-refractivity contribution in [2.24, 2.45) is 0 Å². The summed E-state index contributed by atoms with van der Waals surface area (Å²) in [6.45, 7) is 3.19. The molecule has 0 amide bonds. The summed E-state index contributed by atoms with van der Waals surface area (Å²) in [6.07, 6.45) is 8.49. The van der Waals surface area contributed by atoms with E-state index in [2.05, 4.69) is 65.8 Å². The van der Waals surface area contributed by atoms with Crippen LogP contribution < -0.4 is 5.32 Å². The number of thiazole rings is 1. The number of rotatable bonds is 8. The fraction of sp³-hybridized carbons (Fsp3) is 0.304. The summed E-state index contributed by atoms with van der Waals surface area (Å²) in [5.41, 5.74) is 2.47. The fourth-order valence-electron chi connectivity index (χ4n) is 3.39. The molecule has 2 heterocycles. The van der Waals surface area contributed by atoms with Crippen molar-refractivity contribution in [3.8, 4) is 0 Å². The zero-order chi connectivity index (χ0) is 18.5. The number of benzene rings is 2. The number of aromatic nitrogens is 2. The van der Waals surface area contributed by atoms with Crippen LogP contribution in [-0.2, 0) is 13.0 Å². The number of hydrogen-bond acceptors (Lipinski definition) is 4. The van der Waals surface area contributed by atoms with Crippen molar-refractivity contribution in [2.75, 3.05) is 0 Å². The number of para-hydroxylation sites is 1. The molecular formula is C23H25N3S. The molecule has 0 bridgehead atoms. The fourth-order valence-corrected chi connectivity index (χ4v) is 4.40. The highest BCUT2D eigenvalue weighted by Crippen LogP contribution is 2.23. The van der Waals surface area contributed by atoms with Gasteiger partial charge in [0, 0.05) is 30.4 Å². The lowest BCUT2D eigenvalue weighted by Gasteiger charge is -2.14. The molecule has 1 N–H and O–H groups in total. The van der Waals surface area contributed by atoms with E-state index < -0.39 is 0 Å². The van der Waals surface area contributed by atoms with E-state index in [0.717, 1.165) is 18.5 Å². The van der Waals surface area contributed by atoms with E-state index in [0.29, 0.717) is 6.04 Å². The predicted octanol–water partition coefficient (Wildman–Crippen LogP) is 5.74. The first kappa shape index (κ1) is 18.1. The molecule has 3 nitrogen and oxygen atoms in total. The van der Waals surface area contributed by atoms with Gasteiger partial charge in [-0.1, -0.05) is 30.7 Å². The maximum absolute atomic E-state index is 4.73. The van der Waals surface area contributed by atoms with Crippen molar-refractivity contribution < 1.29 is 0 Å². The first-order valence-electron chi connectivity index (χ1n) is 9.68. The van der Waals surface area contributed by atoms with E-state index in [4.69, 9.17) is 4.98 Å². The first-order valence-corrected chi connectivity index (χ1v) is 10.5. The minimum atomic E-state index is 0.522. The SMILES string of the molecule is C[C@H](CCCCc1nc2ccccc2s1)NCc1ccc2cnccc2c1. The van der Waals surface area contributed by atoms with Crippen LogP contribution in [0.2, 0.25) is 0 Å². The zero-order valence-corrected chi connectivity index (χ0v) is 16.5. The van der Waals surface area contributed by atoms with E-state index in [1.807, 2.05) is 23.7 Å². The van der Waals surface area contributed by atoms with E-state index >= 15 is 0 Å². The molecule has 2 aromatic heterocycles. The molecule has 0 saturated carbocycles. The third-order valence-corrected chi connectivity index (χ3v) is 6.07. The molecule has 0 saturated heterocycles. The minimum absolute atomic E-state index is 0.522. The normalized spacial score (nSPS) is 12.6. The molecule has 4 heteroatoms. The Balaban J connectivity index is 1.20. The molecule has 27 heavy (non-hydrogen) atoms. The molecule has 0 spiro atoms. The minimum Gasteiger partial charge on any atom is -0.310 e. The Hall–Kier alpha value is -2.30. The Kier molecular flexibility index (Phi) is 5.75. The van der Waals surface area contributed by atoms with Crippen LogP contribution in [0.5, 0.6) is 0 Å². The molecule has 138 valence electrons. The number of hydrogen-bond donors (Lipinski definition) is 1. The number of aryl methyl sites for hydroxylation is 1. The van der Waals surface area contributed by atoms with Crippen molar-refractivity contribution in [1.82, 2.24) is 15.3 Å².